The van der Waals surface area contributed by atoms with Crippen LogP contribution in [-0.4, -0.2) is 18.0 Å². The van der Waals surface area contributed by atoms with Gasteiger partial charge >= 0.3 is 0 Å². The molecule has 0 saturated carbocycles. The van der Waals surface area contributed by atoms with Gasteiger partial charge in [-0.1, -0.05) is 41.9 Å². The van der Waals surface area contributed by atoms with E-state index in [9.17, 15) is 4.39 Å². The van der Waals surface area contributed by atoms with Crippen LogP contribution in [0.25, 0.3) is 0 Å². The molecule has 2 aromatic carbocycles. The summed E-state index contributed by atoms with van der Waals surface area (Å²) in [5, 5.41) is 0.426. The Hall–Kier alpha value is -1.42. The Kier molecular flexibility index (Phi) is 4.24. The van der Waals surface area contributed by atoms with Crippen LogP contribution in [0.5, 0.6) is 0 Å². The lowest BCUT2D eigenvalue weighted by molar-refractivity contribution is 0.178. The molecule has 1 aliphatic heterocycles. The minimum absolute atomic E-state index is 0.144. The predicted octanol–water partition coefficient (Wildman–Crippen LogP) is 3.54. The Morgan fingerprint density at radius 2 is 2.05 bits per heavy atom. The van der Waals surface area contributed by atoms with Crippen LogP contribution >= 0.6 is 11.6 Å². The van der Waals surface area contributed by atoms with Gasteiger partial charge in [0.1, 0.15) is 5.82 Å². The molecule has 110 valence electrons. The van der Waals surface area contributed by atoms with E-state index < -0.39 is 0 Å². The number of rotatable bonds is 3. The Morgan fingerprint density at radius 3 is 2.81 bits per heavy atom. The molecule has 0 amide bonds. The molecule has 3 rings (SSSR count). The van der Waals surface area contributed by atoms with Gasteiger partial charge in [-0.25, -0.2) is 4.39 Å². The fraction of sp³-hybridized carbons (Fsp3) is 0.294. The summed E-state index contributed by atoms with van der Waals surface area (Å²) in [6, 6.07) is 13.4. The van der Waals surface area contributed by atoms with Gasteiger partial charge in [-0.2, -0.15) is 0 Å². The van der Waals surface area contributed by atoms with Crippen molar-refractivity contribution in [2.24, 2.45) is 5.73 Å². The third-order valence-corrected chi connectivity index (χ3v) is 4.37. The smallest absolute Gasteiger partial charge is 0.129 e. The molecule has 2 N–H and O–H groups in total. The van der Waals surface area contributed by atoms with E-state index in [4.69, 9.17) is 17.3 Å². The van der Waals surface area contributed by atoms with Gasteiger partial charge in [-0.15, -0.1) is 0 Å². The van der Waals surface area contributed by atoms with Crippen molar-refractivity contribution in [2.75, 3.05) is 13.1 Å². The summed E-state index contributed by atoms with van der Waals surface area (Å²) in [7, 11) is 0. The van der Waals surface area contributed by atoms with E-state index in [-0.39, 0.29) is 11.9 Å². The van der Waals surface area contributed by atoms with Crippen LogP contribution in [-0.2, 0) is 13.0 Å². The molecule has 0 radical (unpaired) electrons. The van der Waals surface area contributed by atoms with E-state index in [1.807, 2.05) is 6.07 Å². The molecule has 0 fully saturated rings. The summed E-state index contributed by atoms with van der Waals surface area (Å²) in [5.41, 5.74) is 9.24. The summed E-state index contributed by atoms with van der Waals surface area (Å²) in [6.45, 7) is 1.98. The molecule has 0 spiro atoms. The largest absolute Gasteiger partial charge is 0.329 e. The van der Waals surface area contributed by atoms with Gasteiger partial charge in [0.05, 0.1) is 0 Å². The molecule has 1 heterocycles. The number of benzene rings is 2. The molecule has 2 aromatic rings. The molecular formula is C17H18ClFN2. The molecule has 21 heavy (non-hydrogen) atoms. The number of hydrogen-bond acceptors (Lipinski definition) is 2. The SMILES string of the molecule is NCC1c2ccccc2CCN1Cc1ccc(Cl)cc1F. The van der Waals surface area contributed by atoms with Gasteiger partial charge < -0.3 is 5.73 Å². The predicted molar refractivity (Wildman–Crippen MR) is 83.8 cm³/mol. The molecule has 0 bridgehead atoms. The van der Waals surface area contributed by atoms with Crippen molar-refractivity contribution in [1.82, 2.24) is 4.90 Å². The summed E-state index contributed by atoms with van der Waals surface area (Å²) < 4.78 is 14.0. The van der Waals surface area contributed by atoms with Crippen molar-refractivity contribution >= 4 is 11.6 Å². The van der Waals surface area contributed by atoms with Gasteiger partial charge in [-0.05, 0) is 29.7 Å². The van der Waals surface area contributed by atoms with Gasteiger partial charge in [0.25, 0.3) is 0 Å². The standard InChI is InChI=1S/C17H18ClFN2/c18-14-6-5-13(16(19)9-14)11-21-8-7-12-3-1-2-4-15(12)17(21)10-20/h1-6,9,17H,7-8,10-11,20H2. The van der Waals surface area contributed by atoms with Crippen LogP contribution in [0.3, 0.4) is 0 Å². The number of fused-ring (bicyclic) bond motifs is 1. The molecule has 1 atom stereocenters. The second-order valence-corrected chi connectivity index (χ2v) is 5.84. The monoisotopic (exact) mass is 304 g/mol. The minimum Gasteiger partial charge on any atom is -0.329 e. The summed E-state index contributed by atoms with van der Waals surface area (Å²) in [5.74, 6) is -0.253. The Morgan fingerprint density at radius 1 is 1.24 bits per heavy atom. The van der Waals surface area contributed by atoms with Crippen LogP contribution in [0.2, 0.25) is 5.02 Å². The second-order valence-electron chi connectivity index (χ2n) is 5.41. The maximum Gasteiger partial charge on any atom is 0.129 e. The lowest BCUT2D eigenvalue weighted by Gasteiger charge is -2.36. The quantitative estimate of drug-likeness (QED) is 0.940. The van der Waals surface area contributed by atoms with Gasteiger partial charge in [0.15, 0.2) is 0 Å². The Balaban J connectivity index is 1.86. The molecular weight excluding hydrogens is 287 g/mol. The molecule has 1 unspecified atom stereocenters. The van der Waals surface area contributed by atoms with Crippen molar-refractivity contribution in [3.63, 3.8) is 0 Å². The van der Waals surface area contributed by atoms with E-state index in [2.05, 4.69) is 23.1 Å². The average Bonchev–Trinajstić information content (AvgIpc) is 2.49. The summed E-state index contributed by atoms with van der Waals surface area (Å²) >= 11 is 5.81. The highest BCUT2D eigenvalue weighted by Crippen LogP contribution is 2.30. The first-order valence-electron chi connectivity index (χ1n) is 7.15. The van der Waals surface area contributed by atoms with Crippen molar-refractivity contribution < 1.29 is 4.39 Å². The second kappa shape index (κ2) is 6.14. The van der Waals surface area contributed by atoms with E-state index in [1.165, 1.54) is 17.2 Å². The van der Waals surface area contributed by atoms with E-state index in [0.717, 1.165) is 13.0 Å². The number of nitrogens with two attached hydrogens (primary N) is 1. The molecule has 0 aromatic heterocycles. The van der Waals surface area contributed by atoms with Crippen LogP contribution in [0.15, 0.2) is 42.5 Å². The van der Waals surface area contributed by atoms with Gasteiger partial charge in [0.2, 0.25) is 0 Å². The lowest BCUT2D eigenvalue weighted by atomic mass is 9.92. The lowest BCUT2D eigenvalue weighted by Crippen LogP contribution is -2.39. The first kappa shape index (κ1) is 14.5. The highest BCUT2D eigenvalue weighted by atomic mass is 35.5. The van der Waals surface area contributed by atoms with Crippen LogP contribution in [0.1, 0.15) is 22.7 Å². The third kappa shape index (κ3) is 2.95. The summed E-state index contributed by atoms with van der Waals surface area (Å²) in [4.78, 5) is 2.24. The van der Waals surface area contributed by atoms with E-state index in [1.54, 1.807) is 12.1 Å². The molecule has 4 heteroatoms. The van der Waals surface area contributed by atoms with Crippen LogP contribution in [0, 0.1) is 5.82 Å². The molecule has 2 nitrogen and oxygen atoms in total. The fourth-order valence-corrected chi connectivity index (χ4v) is 3.20. The summed E-state index contributed by atoms with van der Waals surface area (Å²) in [6.07, 6.45) is 0.974. The molecule has 0 saturated heterocycles. The van der Waals surface area contributed by atoms with Gasteiger partial charge in [-0.3, -0.25) is 4.90 Å². The molecule has 0 aliphatic carbocycles. The topological polar surface area (TPSA) is 29.3 Å². The van der Waals surface area contributed by atoms with Crippen molar-refractivity contribution in [3.05, 3.63) is 70.0 Å². The van der Waals surface area contributed by atoms with Crippen LogP contribution < -0.4 is 5.73 Å². The zero-order chi connectivity index (χ0) is 14.8. The number of nitrogens with zero attached hydrogens (tertiary/aromatic N) is 1. The van der Waals surface area contributed by atoms with Crippen LogP contribution in [0.4, 0.5) is 4.39 Å². The Bertz CT molecular complexity index is 644. The van der Waals surface area contributed by atoms with E-state index >= 15 is 0 Å². The van der Waals surface area contributed by atoms with Crippen molar-refractivity contribution in [1.29, 1.82) is 0 Å². The Labute approximate surface area is 129 Å². The zero-order valence-corrected chi connectivity index (χ0v) is 12.5. The number of hydrogen-bond donors (Lipinski definition) is 1. The first-order valence-corrected chi connectivity index (χ1v) is 7.52. The average molecular weight is 305 g/mol. The minimum atomic E-state index is -0.253. The van der Waals surface area contributed by atoms with Crippen molar-refractivity contribution in [2.45, 2.75) is 19.0 Å². The molecule has 1 aliphatic rings. The third-order valence-electron chi connectivity index (χ3n) is 4.14. The normalized spacial score (nSPS) is 18.5. The fourth-order valence-electron chi connectivity index (χ4n) is 3.04. The highest BCUT2D eigenvalue weighted by Gasteiger charge is 2.26. The van der Waals surface area contributed by atoms with Crippen molar-refractivity contribution in [3.8, 4) is 0 Å². The number of halogens is 2. The van der Waals surface area contributed by atoms with Gasteiger partial charge in [0, 0.05) is 36.3 Å². The highest BCUT2D eigenvalue weighted by molar-refractivity contribution is 6.30. The maximum atomic E-state index is 14.0. The zero-order valence-electron chi connectivity index (χ0n) is 11.7. The maximum absolute atomic E-state index is 14.0. The van der Waals surface area contributed by atoms with E-state index in [0.29, 0.717) is 23.7 Å². The first-order chi connectivity index (χ1) is 10.2.